The third-order valence-electron chi connectivity index (χ3n) is 6.33. The van der Waals surface area contributed by atoms with Crippen LogP contribution in [0.2, 0.25) is 0 Å². The topological polar surface area (TPSA) is 71.5 Å². The second-order valence-electron chi connectivity index (χ2n) is 8.71. The van der Waals surface area contributed by atoms with E-state index in [1.54, 1.807) is 18.2 Å². The van der Waals surface area contributed by atoms with Crippen molar-refractivity contribution < 1.29 is 9.53 Å². The predicted molar refractivity (Wildman–Crippen MR) is 139 cm³/mol. The maximum atomic E-state index is 12.0. The molecule has 2 atom stereocenters. The van der Waals surface area contributed by atoms with Crippen LogP contribution in [0.25, 0.3) is 6.08 Å². The van der Waals surface area contributed by atoms with Gasteiger partial charge in [0.2, 0.25) is 5.56 Å². The second kappa shape index (κ2) is 10.6. The van der Waals surface area contributed by atoms with Gasteiger partial charge in [0.05, 0.1) is 12.2 Å². The lowest BCUT2D eigenvalue weighted by molar-refractivity contribution is 0.0505. The summed E-state index contributed by atoms with van der Waals surface area (Å²) in [5.74, 6) is -0.0494. The number of hydrogen-bond donors (Lipinski definition) is 1. The number of aliphatic imine (C=N–C) groups is 1. The molecule has 2 bridgehead atoms. The van der Waals surface area contributed by atoms with E-state index in [0.29, 0.717) is 12.2 Å². The molecule has 1 aromatic heterocycles. The number of nitrogens with zero attached hydrogens (tertiary/aromatic N) is 1. The average Bonchev–Trinajstić information content (AvgIpc) is 2.80. The highest BCUT2D eigenvalue weighted by atomic mass is 16.5. The third kappa shape index (κ3) is 4.89. The minimum atomic E-state index is -0.493. The van der Waals surface area contributed by atoms with E-state index < -0.39 is 5.54 Å². The molecule has 0 fully saturated rings. The minimum Gasteiger partial charge on any atom is -0.462 e. The number of aromatic amines is 1. The fraction of sp³-hybridized carbons (Fsp3) is 0.345. The Morgan fingerprint density at radius 1 is 1.24 bits per heavy atom. The van der Waals surface area contributed by atoms with Gasteiger partial charge in [-0.25, -0.2) is 4.79 Å². The lowest BCUT2D eigenvalue weighted by Gasteiger charge is -2.45. The summed E-state index contributed by atoms with van der Waals surface area (Å²) in [6.45, 7) is 6.63. The van der Waals surface area contributed by atoms with Gasteiger partial charge in [0.15, 0.2) is 0 Å². The highest BCUT2D eigenvalue weighted by molar-refractivity contribution is 5.89. The SMILES string of the molecule is C.C/C=C1\C2C=C(C)CC1(N=C/C=C/c1ccc(C(=O)OCCC)cc1)c1ccc(=O)[nH]c1C2. The van der Waals surface area contributed by atoms with E-state index >= 15 is 0 Å². The summed E-state index contributed by atoms with van der Waals surface area (Å²) in [6.07, 6.45) is 12.6. The molecule has 1 N–H and O–H groups in total. The summed E-state index contributed by atoms with van der Waals surface area (Å²) in [7, 11) is 0. The van der Waals surface area contributed by atoms with Gasteiger partial charge >= 0.3 is 5.97 Å². The zero-order valence-electron chi connectivity index (χ0n) is 19.4. The van der Waals surface area contributed by atoms with Crippen molar-refractivity contribution in [1.29, 1.82) is 0 Å². The van der Waals surface area contributed by atoms with E-state index in [1.807, 2.05) is 43.5 Å². The fourth-order valence-corrected chi connectivity index (χ4v) is 4.99. The lowest BCUT2D eigenvalue weighted by Crippen LogP contribution is -2.40. The molecule has 1 aromatic carbocycles. The zero-order chi connectivity index (χ0) is 23.4. The van der Waals surface area contributed by atoms with Crippen molar-refractivity contribution in [3.05, 3.63) is 98.5 Å². The number of carbonyl (C=O) groups excluding carboxylic acids is 1. The van der Waals surface area contributed by atoms with E-state index in [0.717, 1.165) is 36.1 Å². The molecular formula is C29H34N2O3. The van der Waals surface area contributed by atoms with Crippen molar-refractivity contribution in [3.8, 4) is 0 Å². The van der Waals surface area contributed by atoms with E-state index in [2.05, 4.69) is 31.0 Å². The van der Waals surface area contributed by atoms with Gasteiger partial charge in [-0.1, -0.05) is 50.3 Å². The minimum absolute atomic E-state index is 0. The van der Waals surface area contributed by atoms with Crippen LogP contribution in [0.4, 0.5) is 0 Å². The molecule has 34 heavy (non-hydrogen) atoms. The Kier molecular flexibility index (Phi) is 7.87. The number of allylic oxidation sites excluding steroid dienone is 3. The Balaban J connectivity index is 0.00000324. The second-order valence-corrected chi connectivity index (χ2v) is 8.71. The molecule has 2 aromatic rings. The van der Waals surface area contributed by atoms with Gasteiger partial charge in [0.25, 0.3) is 0 Å². The first kappa shape index (κ1) is 25.2. The van der Waals surface area contributed by atoms with Crippen LogP contribution in [0.1, 0.15) is 68.2 Å². The summed E-state index contributed by atoms with van der Waals surface area (Å²) in [5.41, 5.74) is 5.62. The van der Waals surface area contributed by atoms with E-state index in [-0.39, 0.29) is 24.9 Å². The standard InChI is InChI=1S/C28H30N2O3.CH4/c1-4-15-33-27(32)21-10-8-20(9-11-21)7-6-14-29-28-18-19(3)16-22(23(28)5-2)17-25-24(28)12-13-26(31)30-25;/h5-14,16,22H,4,15,17-18H2,1-3H3,(H,30,31);1H4/b7-6+,23-5+,29-14?;. The molecule has 2 aliphatic rings. The predicted octanol–water partition coefficient (Wildman–Crippen LogP) is 6.03. The molecule has 0 spiro atoms. The average molecular weight is 459 g/mol. The van der Waals surface area contributed by atoms with Gasteiger partial charge in [-0.05, 0) is 62.1 Å². The summed E-state index contributed by atoms with van der Waals surface area (Å²) in [5, 5.41) is 0. The molecular weight excluding hydrogens is 424 g/mol. The quantitative estimate of drug-likeness (QED) is 0.327. The number of carbonyl (C=O) groups is 1. The molecule has 5 nitrogen and oxygen atoms in total. The number of nitrogens with one attached hydrogen (secondary N) is 1. The van der Waals surface area contributed by atoms with Gasteiger partial charge in [-0.3, -0.25) is 9.79 Å². The lowest BCUT2D eigenvalue weighted by atomic mass is 9.63. The highest BCUT2D eigenvalue weighted by Crippen LogP contribution is 2.51. The number of rotatable bonds is 6. The maximum Gasteiger partial charge on any atom is 0.338 e. The van der Waals surface area contributed by atoms with Crippen LogP contribution in [-0.2, 0) is 16.7 Å². The largest absolute Gasteiger partial charge is 0.462 e. The molecule has 2 unspecified atom stereocenters. The van der Waals surface area contributed by atoms with Crippen molar-refractivity contribution in [1.82, 2.24) is 4.98 Å². The van der Waals surface area contributed by atoms with Gasteiger partial charge in [0, 0.05) is 35.9 Å². The molecule has 0 saturated carbocycles. The number of hydrogen-bond acceptors (Lipinski definition) is 4. The molecule has 0 radical (unpaired) electrons. The highest BCUT2D eigenvalue weighted by Gasteiger charge is 2.46. The molecule has 5 heteroatoms. The summed E-state index contributed by atoms with van der Waals surface area (Å²) < 4.78 is 5.18. The molecule has 2 aliphatic carbocycles. The molecule has 1 heterocycles. The number of esters is 1. The molecule has 178 valence electrons. The number of ether oxygens (including phenoxy) is 1. The molecule has 0 aliphatic heterocycles. The summed E-state index contributed by atoms with van der Waals surface area (Å²) in [4.78, 5) is 32.0. The summed E-state index contributed by atoms with van der Waals surface area (Å²) in [6, 6.07) is 10.9. The van der Waals surface area contributed by atoms with Crippen molar-refractivity contribution in [2.24, 2.45) is 10.9 Å². The van der Waals surface area contributed by atoms with Gasteiger partial charge in [-0.15, -0.1) is 0 Å². The van der Waals surface area contributed by atoms with Crippen molar-refractivity contribution in [2.75, 3.05) is 6.61 Å². The van der Waals surface area contributed by atoms with E-state index in [4.69, 9.17) is 9.73 Å². The van der Waals surface area contributed by atoms with Crippen LogP contribution in [-0.4, -0.2) is 23.8 Å². The van der Waals surface area contributed by atoms with Crippen LogP contribution < -0.4 is 5.56 Å². The van der Waals surface area contributed by atoms with Crippen LogP contribution in [0, 0.1) is 5.92 Å². The van der Waals surface area contributed by atoms with Crippen LogP contribution in [0.5, 0.6) is 0 Å². The number of pyridine rings is 1. The van der Waals surface area contributed by atoms with Gasteiger partial charge < -0.3 is 9.72 Å². The zero-order valence-corrected chi connectivity index (χ0v) is 19.4. The van der Waals surface area contributed by atoms with Crippen LogP contribution >= 0.6 is 0 Å². The Labute approximate surface area is 202 Å². The first-order chi connectivity index (χ1) is 16.0. The Bertz CT molecular complexity index is 1210. The van der Waals surface area contributed by atoms with Crippen LogP contribution in [0.3, 0.4) is 0 Å². The molecule has 0 amide bonds. The van der Waals surface area contributed by atoms with Crippen molar-refractivity contribution >= 4 is 18.3 Å². The van der Waals surface area contributed by atoms with Gasteiger partial charge in [0.1, 0.15) is 5.54 Å². The first-order valence-corrected chi connectivity index (χ1v) is 11.5. The first-order valence-electron chi connectivity index (χ1n) is 11.5. The van der Waals surface area contributed by atoms with E-state index in [9.17, 15) is 9.59 Å². The monoisotopic (exact) mass is 458 g/mol. The Hall–Kier alpha value is -3.47. The maximum absolute atomic E-state index is 12.0. The van der Waals surface area contributed by atoms with Crippen molar-refractivity contribution in [2.45, 2.75) is 53.0 Å². The van der Waals surface area contributed by atoms with Gasteiger partial charge in [-0.2, -0.15) is 0 Å². The van der Waals surface area contributed by atoms with E-state index in [1.165, 1.54) is 11.1 Å². The number of aromatic nitrogens is 1. The Morgan fingerprint density at radius 2 is 2.00 bits per heavy atom. The third-order valence-corrected chi connectivity index (χ3v) is 6.33. The number of benzene rings is 1. The summed E-state index contributed by atoms with van der Waals surface area (Å²) >= 11 is 0. The van der Waals surface area contributed by atoms with Crippen molar-refractivity contribution in [3.63, 3.8) is 0 Å². The molecule has 0 saturated heterocycles. The molecule has 4 rings (SSSR count). The fourth-order valence-electron chi connectivity index (χ4n) is 4.99. The number of H-pyrrole nitrogens is 1. The normalized spacial score (nSPS) is 22.4. The Morgan fingerprint density at radius 3 is 2.71 bits per heavy atom. The van der Waals surface area contributed by atoms with Crippen LogP contribution in [0.15, 0.2) is 75.6 Å². The number of fused-ring (bicyclic) bond motifs is 4. The smallest absolute Gasteiger partial charge is 0.338 e.